The van der Waals surface area contributed by atoms with Gasteiger partial charge in [-0.1, -0.05) is 31.2 Å². The summed E-state index contributed by atoms with van der Waals surface area (Å²) in [5, 5.41) is 14.3. The van der Waals surface area contributed by atoms with Gasteiger partial charge in [0.2, 0.25) is 0 Å². The van der Waals surface area contributed by atoms with E-state index in [1.54, 1.807) is 37.4 Å². The third kappa shape index (κ3) is 4.50. The Kier molecular flexibility index (Phi) is 5.96. The Morgan fingerprint density at radius 3 is 2.46 bits per heavy atom. The van der Waals surface area contributed by atoms with E-state index in [1.807, 2.05) is 30.3 Å². The number of anilines is 1. The van der Waals surface area contributed by atoms with Crippen molar-refractivity contribution in [3.05, 3.63) is 94.2 Å². The summed E-state index contributed by atoms with van der Waals surface area (Å²) in [6.07, 6.45) is 1.92. The van der Waals surface area contributed by atoms with E-state index >= 15 is 0 Å². The van der Waals surface area contributed by atoms with Crippen molar-refractivity contribution >= 4 is 17.5 Å². The minimum Gasteiger partial charge on any atom is -0.426 e. The number of esters is 1. The Morgan fingerprint density at radius 1 is 1.11 bits per heavy atom. The Hall–Kier alpha value is -3.74. The normalized spacial score (nSPS) is 11.5. The van der Waals surface area contributed by atoms with E-state index in [1.165, 1.54) is 12.1 Å². The first-order chi connectivity index (χ1) is 13.6. The molecule has 0 radical (unpaired) electrons. The van der Waals surface area contributed by atoms with Gasteiger partial charge in [0.05, 0.1) is 11.0 Å². The topological polar surface area (TPSA) is 94.4 Å². The van der Waals surface area contributed by atoms with E-state index in [4.69, 9.17) is 4.74 Å². The van der Waals surface area contributed by atoms with Crippen LogP contribution in [0.5, 0.6) is 5.75 Å². The lowest BCUT2D eigenvalue weighted by Crippen LogP contribution is -2.16. The lowest BCUT2D eigenvalue weighted by molar-refractivity contribution is -0.384. The maximum absolute atomic E-state index is 11.8. The van der Waals surface area contributed by atoms with Gasteiger partial charge in [0.1, 0.15) is 11.6 Å². The molecule has 0 saturated carbocycles. The van der Waals surface area contributed by atoms with Gasteiger partial charge in [-0.15, -0.1) is 0 Å². The highest BCUT2D eigenvalue weighted by molar-refractivity contribution is 5.72. The zero-order chi connectivity index (χ0) is 19.9. The monoisotopic (exact) mass is 377 g/mol. The van der Waals surface area contributed by atoms with Crippen LogP contribution in [0, 0.1) is 10.1 Å². The zero-order valence-corrected chi connectivity index (χ0v) is 15.2. The van der Waals surface area contributed by atoms with Crippen LogP contribution >= 0.6 is 0 Å². The second kappa shape index (κ2) is 8.77. The minimum absolute atomic E-state index is 0.00559. The lowest BCUT2D eigenvalue weighted by Gasteiger charge is -2.22. The van der Waals surface area contributed by atoms with Crippen LogP contribution in [0.15, 0.2) is 72.9 Å². The fraction of sp³-hybridized carbons (Fsp3) is 0.143. The summed E-state index contributed by atoms with van der Waals surface area (Å²) in [6.45, 7) is 1.73. The van der Waals surface area contributed by atoms with Crippen molar-refractivity contribution in [2.45, 2.75) is 19.4 Å². The molecule has 0 bridgehead atoms. The van der Waals surface area contributed by atoms with E-state index in [-0.39, 0.29) is 18.1 Å². The quantitative estimate of drug-likeness (QED) is 0.282. The first-order valence-electron chi connectivity index (χ1n) is 8.80. The number of ether oxygens (including phenoxy) is 1. The molecule has 3 aromatic rings. The van der Waals surface area contributed by atoms with Crippen molar-refractivity contribution in [2.75, 3.05) is 5.32 Å². The molecule has 0 aliphatic rings. The highest BCUT2D eigenvalue weighted by Gasteiger charge is 2.21. The van der Waals surface area contributed by atoms with E-state index in [2.05, 4.69) is 10.3 Å². The number of carbonyl (C=O) groups excluding carboxylic acids is 1. The largest absolute Gasteiger partial charge is 0.426 e. The Bertz CT molecular complexity index is 959. The summed E-state index contributed by atoms with van der Waals surface area (Å²) in [5.74, 6) is 0.719. The standard InChI is InChI=1S/C21H19N3O4/c1-2-20(25)28-18-8-4-3-7-17(18)21(23-19-9-5-6-14-22-19)15-10-12-16(13-11-15)24(26)27/h3-14,21H,2H2,1H3,(H,22,23). The number of nitrogens with one attached hydrogen (secondary N) is 1. The van der Waals surface area contributed by atoms with Crippen LogP contribution in [-0.4, -0.2) is 15.9 Å². The number of rotatable bonds is 7. The first-order valence-corrected chi connectivity index (χ1v) is 8.80. The smallest absolute Gasteiger partial charge is 0.310 e. The molecule has 0 aliphatic heterocycles. The molecule has 28 heavy (non-hydrogen) atoms. The summed E-state index contributed by atoms with van der Waals surface area (Å²) in [5.41, 5.74) is 1.51. The lowest BCUT2D eigenvalue weighted by atomic mass is 9.97. The molecule has 0 amide bonds. The van der Waals surface area contributed by atoms with Crippen LogP contribution in [0.2, 0.25) is 0 Å². The Balaban J connectivity index is 2.04. The number of non-ortho nitro benzene ring substituents is 1. The van der Waals surface area contributed by atoms with Gasteiger partial charge in [-0.25, -0.2) is 4.98 Å². The van der Waals surface area contributed by atoms with Gasteiger partial charge < -0.3 is 10.1 Å². The molecule has 0 fully saturated rings. The molecule has 0 saturated heterocycles. The molecule has 1 heterocycles. The highest BCUT2D eigenvalue weighted by Crippen LogP contribution is 2.33. The number of para-hydroxylation sites is 1. The molecule has 1 unspecified atom stereocenters. The van der Waals surface area contributed by atoms with Crippen molar-refractivity contribution in [1.82, 2.24) is 4.98 Å². The van der Waals surface area contributed by atoms with Crippen molar-refractivity contribution in [3.63, 3.8) is 0 Å². The summed E-state index contributed by atoms with van der Waals surface area (Å²) in [6, 6.07) is 18.5. The molecule has 0 spiro atoms. The number of pyridine rings is 1. The predicted molar refractivity (Wildman–Crippen MR) is 105 cm³/mol. The predicted octanol–water partition coefficient (Wildman–Crippen LogP) is 4.51. The molecule has 142 valence electrons. The number of nitrogens with zero attached hydrogens (tertiary/aromatic N) is 2. The Morgan fingerprint density at radius 2 is 1.82 bits per heavy atom. The van der Waals surface area contributed by atoms with Crippen LogP contribution in [0.4, 0.5) is 11.5 Å². The van der Waals surface area contributed by atoms with Crippen molar-refractivity contribution < 1.29 is 14.5 Å². The average molecular weight is 377 g/mol. The maximum atomic E-state index is 11.8. The SMILES string of the molecule is CCC(=O)Oc1ccccc1C(Nc1ccccn1)c1ccc([N+](=O)[O-])cc1. The van der Waals surface area contributed by atoms with Gasteiger partial charge >= 0.3 is 5.97 Å². The molecule has 1 atom stereocenters. The first kappa shape index (κ1) is 19.0. The number of nitro benzene ring substituents is 1. The highest BCUT2D eigenvalue weighted by atomic mass is 16.6. The van der Waals surface area contributed by atoms with Crippen LogP contribution in [0.25, 0.3) is 0 Å². The molecule has 7 heteroatoms. The van der Waals surface area contributed by atoms with Crippen LogP contribution in [0.3, 0.4) is 0 Å². The van der Waals surface area contributed by atoms with Crippen LogP contribution < -0.4 is 10.1 Å². The van der Waals surface area contributed by atoms with Gasteiger partial charge in [-0.2, -0.15) is 0 Å². The van der Waals surface area contributed by atoms with Crippen molar-refractivity contribution in [3.8, 4) is 5.75 Å². The van der Waals surface area contributed by atoms with Gasteiger partial charge in [0, 0.05) is 30.3 Å². The average Bonchev–Trinajstić information content (AvgIpc) is 2.73. The molecule has 7 nitrogen and oxygen atoms in total. The number of benzene rings is 2. The summed E-state index contributed by atoms with van der Waals surface area (Å²) in [4.78, 5) is 26.7. The minimum atomic E-state index is -0.443. The van der Waals surface area contributed by atoms with Gasteiger partial charge in [-0.05, 0) is 35.9 Å². The Labute approximate surface area is 162 Å². The summed E-state index contributed by atoms with van der Waals surface area (Å²) in [7, 11) is 0. The second-order valence-corrected chi connectivity index (χ2v) is 6.01. The molecule has 2 aromatic carbocycles. The number of nitro groups is 1. The molecule has 3 rings (SSSR count). The van der Waals surface area contributed by atoms with E-state index in [0.29, 0.717) is 11.6 Å². The fourth-order valence-corrected chi connectivity index (χ4v) is 2.73. The van der Waals surface area contributed by atoms with Crippen molar-refractivity contribution in [2.24, 2.45) is 0 Å². The molecular weight excluding hydrogens is 358 g/mol. The third-order valence-corrected chi connectivity index (χ3v) is 4.14. The number of hydrogen-bond donors (Lipinski definition) is 1. The molecule has 0 aliphatic carbocycles. The third-order valence-electron chi connectivity index (χ3n) is 4.14. The molecular formula is C21H19N3O4. The fourth-order valence-electron chi connectivity index (χ4n) is 2.73. The second-order valence-electron chi connectivity index (χ2n) is 6.01. The van der Waals surface area contributed by atoms with E-state index in [9.17, 15) is 14.9 Å². The van der Waals surface area contributed by atoms with Gasteiger partial charge in [-0.3, -0.25) is 14.9 Å². The summed E-state index contributed by atoms with van der Waals surface area (Å²) >= 11 is 0. The number of carbonyl (C=O) groups is 1. The van der Waals surface area contributed by atoms with Gasteiger partial charge in [0.15, 0.2) is 0 Å². The molecule has 1 aromatic heterocycles. The van der Waals surface area contributed by atoms with E-state index < -0.39 is 11.0 Å². The van der Waals surface area contributed by atoms with E-state index in [0.717, 1.165) is 11.1 Å². The maximum Gasteiger partial charge on any atom is 0.310 e. The summed E-state index contributed by atoms with van der Waals surface area (Å²) < 4.78 is 5.49. The molecule has 1 N–H and O–H groups in total. The van der Waals surface area contributed by atoms with Crippen LogP contribution in [-0.2, 0) is 4.79 Å². The van der Waals surface area contributed by atoms with Gasteiger partial charge in [0.25, 0.3) is 5.69 Å². The van der Waals surface area contributed by atoms with Crippen LogP contribution in [0.1, 0.15) is 30.5 Å². The van der Waals surface area contributed by atoms with Crippen molar-refractivity contribution in [1.29, 1.82) is 0 Å². The number of aromatic nitrogens is 1. The zero-order valence-electron chi connectivity index (χ0n) is 15.2. The number of hydrogen-bond acceptors (Lipinski definition) is 6.